The first-order valence-corrected chi connectivity index (χ1v) is 12.5. The summed E-state index contributed by atoms with van der Waals surface area (Å²) in [5.41, 5.74) is 0.782. The van der Waals surface area contributed by atoms with Crippen LogP contribution < -0.4 is 10.6 Å². The molecule has 2 N–H and O–H groups in total. The fourth-order valence-electron chi connectivity index (χ4n) is 3.87. The number of hydrogen-bond donors (Lipinski definition) is 2. The van der Waals surface area contributed by atoms with Gasteiger partial charge in [0.1, 0.15) is 17.7 Å². The molecule has 0 saturated carbocycles. The average Bonchev–Trinajstić information content (AvgIpc) is 3.25. The number of anilines is 1. The van der Waals surface area contributed by atoms with Crippen LogP contribution in [0.25, 0.3) is 10.9 Å². The Morgan fingerprint density at radius 1 is 1.24 bits per heavy atom. The summed E-state index contributed by atoms with van der Waals surface area (Å²) in [4.78, 5) is 44.8. The molecular weight excluding hydrogens is 440 g/mol. The van der Waals surface area contributed by atoms with Crippen molar-refractivity contribution < 1.29 is 19.1 Å². The smallest absolute Gasteiger partial charge is 0.408 e. The van der Waals surface area contributed by atoms with Gasteiger partial charge < -0.3 is 20.3 Å². The summed E-state index contributed by atoms with van der Waals surface area (Å²) in [6.07, 6.45) is 4.77. The number of ether oxygens (including phenoxy) is 1. The van der Waals surface area contributed by atoms with E-state index in [0.717, 1.165) is 17.3 Å². The molecule has 0 bridgehead atoms. The van der Waals surface area contributed by atoms with E-state index in [2.05, 4.69) is 15.6 Å². The Hall–Kier alpha value is -2.81. The number of nitrogens with one attached hydrogen (secondary N) is 2. The van der Waals surface area contributed by atoms with Crippen molar-refractivity contribution in [3.8, 4) is 0 Å². The van der Waals surface area contributed by atoms with Crippen LogP contribution >= 0.6 is 11.8 Å². The molecule has 1 saturated heterocycles. The Morgan fingerprint density at radius 2 is 2.03 bits per heavy atom. The van der Waals surface area contributed by atoms with Crippen LogP contribution in [-0.2, 0) is 14.3 Å². The first-order chi connectivity index (χ1) is 15.7. The van der Waals surface area contributed by atoms with Gasteiger partial charge in [0.05, 0.1) is 11.2 Å². The molecular formula is C24H32N4O4S. The molecule has 3 rings (SSSR count). The molecule has 3 amide bonds. The Labute approximate surface area is 198 Å². The minimum atomic E-state index is -0.748. The molecule has 0 unspecified atom stereocenters. The van der Waals surface area contributed by atoms with Crippen LogP contribution in [0.15, 0.2) is 36.5 Å². The number of fused-ring (bicyclic) bond motifs is 1. The third-order valence-corrected chi connectivity index (χ3v) is 5.99. The number of alkyl carbamates (subject to hydrolysis) is 1. The quantitative estimate of drug-likeness (QED) is 0.636. The lowest BCUT2D eigenvalue weighted by atomic mass is 10.1. The summed E-state index contributed by atoms with van der Waals surface area (Å²) in [5.74, 6) is 0.199. The molecule has 0 spiro atoms. The number of pyridine rings is 1. The molecule has 1 aromatic heterocycles. The van der Waals surface area contributed by atoms with Gasteiger partial charge in [0.15, 0.2) is 0 Å². The number of carbonyl (C=O) groups is 3. The van der Waals surface area contributed by atoms with Crippen LogP contribution in [0.4, 0.5) is 10.5 Å². The normalized spacial score (nSPS) is 17.0. The zero-order chi connectivity index (χ0) is 24.0. The van der Waals surface area contributed by atoms with Crippen molar-refractivity contribution in [1.29, 1.82) is 0 Å². The highest BCUT2D eigenvalue weighted by molar-refractivity contribution is 7.98. The summed E-state index contributed by atoms with van der Waals surface area (Å²) in [5, 5.41) is 6.53. The largest absolute Gasteiger partial charge is 0.444 e. The van der Waals surface area contributed by atoms with Gasteiger partial charge in [0.2, 0.25) is 11.8 Å². The Bertz CT molecular complexity index is 1000. The fourth-order valence-corrected chi connectivity index (χ4v) is 4.35. The van der Waals surface area contributed by atoms with Crippen molar-refractivity contribution in [3.63, 3.8) is 0 Å². The van der Waals surface area contributed by atoms with Gasteiger partial charge in [-0.2, -0.15) is 11.8 Å². The summed E-state index contributed by atoms with van der Waals surface area (Å²) < 4.78 is 5.34. The zero-order valence-corrected chi connectivity index (χ0v) is 20.4. The van der Waals surface area contributed by atoms with Crippen molar-refractivity contribution in [2.24, 2.45) is 0 Å². The number of rotatable bonds is 7. The number of carbonyl (C=O) groups excluding carboxylic acids is 3. The lowest BCUT2D eigenvalue weighted by Crippen LogP contribution is -2.53. The van der Waals surface area contributed by atoms with Crippen molar-refractivity contribution in [2.45, 2.75) is 57.7 Å². The molecule has 2 atom stereocenters. The topological polar surface area (TPSA) is 101 Å². The maximum Gasteiger partial charge on any atom is 0.408 e. The molecule has 1 aliphatic heterocycles. The van der Waals surface area contributed by atoms with Crippen LogP contribution in [0.3, 0.4) is 0 Å². The molecule has 1 aliphatic rings. The first-order valence-electron chi connectivity index (χ1n) is 11.1. The number of amides is 3. The van der Waals surface area contributed by atoms with Crippen molar-refractivity contribution in [1.82, 2.24) is 15.2 Å². The van der Waals surface area contributed by atoms with Crippen LogP contribution in [0, 0.1) is 0 Å². The van der Waals surface area contributed by atoms with E-state index in [1.807, 2.05) is 36.6 Å². The summed E-state index contributed by atoms with van der Waals surface area (Å²) in [6.45, 7) is 5.79. The van der Waals surface area contributed by atoms with Gasteiger partial charge in [0.25, 0.3) is 0 Å². The number of nitrogens with zero attached hydrogens (tertiary/aromatic N) is 2. The third-order valence-electron chi connectivity index (χ3n) is 5.34. The molecule has 1 fully saturated rings. The monoisotopic (exact) mass is 472 g/mol. The fraction of sp³-hybridized carbons (Fsp3) is 0.500. The summed E-state index contributed by atoms with van der Waals surface area (Å²) in [6, 6.07) is 7.93. The van der Waals surface area contributed by atoms with E-state index in [9.17, 15) is 14.4 Å². The predicted octanol–water partition coefficient (Wildman–Crippen LogP) is 3.81. The van der Waals surface area contributed by atoms with Gasteiger partial charge in [-0.1, -0.05) is 6.07 Å². The van der Waals surface area contributed by atoms with Crippen LogP contribution in [-0.4, -0.2) is 64.0 Å². The molecule has 2 heterocycles. The maximum absolute atomic E-state index is 13.4. The molecule has 33 heavy (non-hydrogen) atoms. The van der Waals surface area contributed by atoms with Gasteiger partial charge in [-0.25, -0.2) is 4.79 Å². The Morgan fingerprint density at radius 3 is 2.76 bits per heavy atom. The van der Waals surface area contributed by atoms with E-state index < -0.39 is 23.8 Å². The summed E-state index contributed by atoms with van der Waals surface area (Å²) >= 11 is 1.59. The number of likely N-dealkylation sites (tertiary alicyclic amines) is 1. The second kappa shape index (κ2) is 10.9. The van der Waals surface area contributed by atoms with E-state index in [0.29, 0.717) is 30.8 Å². The highest BCUT2D eigenvalue weighted by atomic mass is 32.2. The molecule has 0 radical (unpaired) electrons. The summed E-state index contributed by atoms with van der Waals surface area (Å²) in [7, 11) is 0. The second-order valence-electron chi connectivity index (χ2n) is 9.03. The zero-order valence-electron chi connectivity index (χ0n) is 19.6. The van der Waals surface area contributed by atoms with E-state index in [4.69, 9.17) is 4.74 Å². The Kier molecular flexibility index (Phi) is 8.18. The molecule has 8 nitrogen and oxygen atoms in total. The number of hydrogen-bond acceptors (Lipinski definition) is 6. The van der Waals surface area contributed by atoms with Crippen LogP contribution in [0.2, 0.25) is 0 Å². The SMILES string of the molecule is CSCC[C@H](NC(=O)OC(C)(C)C)C(=O)N1CCC[C@H]1C(=O)Nc1cccc2ncccc12. The molecule has 0 aliphatic carbocycles. The van der Waals surface area contributed by atoms with Crippen LogP contribution in [0.5, 0.6) is 0 Å². The third kappa shape index (κ3) is 6.60. The molecule has 178 valence electrons. The van der Waals surface area contributed by atoms with Gasteiger partial charge in [-0.05, 0) is 76.3 Å². The average molecular weight is 473 g/mol. The van der Waals surface area contributed by atoms with Crippen molar-refractivity contribution in [2.75, 3.05) is 23.9 Å². The van der Waals surface area contributed by atoms with Crippen LogP contribution in [0.1, 0.15) is 40.0 Å². The van der Waals surface area contributed by atoms with E-state index in [1.54, 1.807) is 43.6 Å². The molecule has 2 aromatic rings. The maximum atomic E-state index is 13.4. The predicted molar refractivity (Wildman–Crippen MR) is 131 cm³/mol. The number of benzene rings is 1. The standard InChI is InChI=1S/C24H32N4O4S/c1-24(2,3)32-23(31)27-19(12-15-33-4)22(30)28-14-7-11-20(28)21(29)26-18-10-5-9-17-16(18)8-6-13-25-17/h5-6,8-10,13,19-20H,7,11-12,14-15H2,1-4H3,(H,26,29)(H,27,31)/t19-,20-/m0/s1. The Balaban J connectivity index is 1.73. The minimum absolute atomic E-state index is 0.238. The van der Waals surface area contributed by atoms with E-state index >= 15 is 0 Å². The van der Waals surface area contributed by atoms with E-state index in [-0.39, 0.29) is 11.8 Å². The molecule has 1 aromatic carbocycles. The van der Waals surface area contributed by atoms with Gasteiger partial charge in [-0.15, -0.1) is 0 Å². The van der Waals surface area contributed by atoms with Gasteiger partial charge in [0, 0.05) is 18.1 Å². The lowest BCUT2D eigenvalue weighted by Gasteiger charge is -2.29. The van der Waals surface area contributed by atoms with E-state index in [1.165, 1.54) is 0 Å². The van der Waals surface area contributed by atoms with Crippen molar-refractivity contribution >= 4 is 46.3 Å². The van der Waals surface area contributed by atoms with Gasteiger partial charge in [-0.3, -0.25) is 14.6 Å². The lowest BCUT2D eigenvalue weighted by molar-refractivity contribution is -0.138. The number of thioether (sulfide) groups is 1. The van der Waals surface area contributed by atoms with Crippen molar-refractivity contribution in [3.05, 3.63) is 36.5 Å². The second-order valence-corrected chi connectivity index (χ2v) is 10.0. The minimum Gasteiger partial charge on any atom is -0.444 e. The molecule has 9 heteroatoms. The first kappa shape index (κ1) is 24.8. The highest BCUT2D eigenvalue weighted by Crippen LogP contribution is 2.25. The number of aromatic nitrogens is 1. The highest BCUT2D eigenvalue weighted by Gasteiger charge is 2.38. The van der Waals surface area contributed by atoms with Gasteiger partial charge >= 0.3 is 6.09 Å².